The summed E-state index contributed by atoms with van der Waals surface area (Å²) in [5.74, 6) is 0.750. The smallest absolute Gasteiger partial charge is 0.225 e. The molecule has 0 radical (unpaired) electrons. The fourth-order valence-corrected chi connectivity index (χ4v) is 4.69. The lowest BCUT2D eigenvalue weighted by Crippen LogP contribution is -2.33. The van der Waals surface area contributed by atoms with E-state index in [0.29, 0.717) is 11.6 Å². The molecule has 1 fully saturated rings. The molecule has 2 aromatic rings. The summed E-state index contributed by atoms with van der Waals surface area (Å²) in [5, 5.41) is 3.36. The highest BCUT2D eigenvalue weighted by atomic mass is 32.2. The predicted octanol–water partition coefficient (Wildman–Crippen LogP) is 1.91. The molecule has 1 aromatic carbocycles. The molecule has 7 heteroatoms. The Morgan fingerprint density at radius 2 is 2.04 bits per heavy atom. The van der Waals surface area contributed by atoms with E-state index in [4.69, 9.17) is 4.98 Å². The summed E-state index contributed by atoms with van der Waals surface area (Å²) in [6.07, 6.45) is 5.68. The van der Waals surface area contributed by atoms with Crippen molar-refractivity contribution in [2.75, 3.05) is 30.8 Å². The minimum Gasteiger partial charge on any atom is -0.336 e. The van der Waals surface area contributed by atoms with Gasteiger partial charge in [-0.2, -0.15) is 0 Å². The molecule has 0 saturated carbocycles. The second-order valence-corrected chi connectivity index (χ2v) is 9.16. The number of hydrogen-bond donors (Lipinski definition) is 1. The average molecular weight is 372 g/mol. The Morgan fingerprint density at radius 1 is 1.23 bits per heavy atom. The van der Waals surface area contributed by atoms with Crippen LogP contribution in [0.2, 0.25) is 0 Å². The van der Waals surface area contributed by atoms with Crippen molar-refractivity contribution in [1.82, 2.24) is 15.3 Å². The summed E-state index contributed by atoms with van der Waals surface area (Å²) in [6.45, 7) is 3.35. The average Bonchev–Trinajstić information content (AvgIpc) is 2.67. The number of piperidine rings is 1. The summed E-state index contributed by atoms with van der Waals surface area (Å²) in [5.41, 5.74) is 3.33. The number of rotatable bonds is 3. The Labute approximate surface area is 154 Å². The quantitative estimate of drug-likeness (QED) is 0.887. The van der Waals surface area contributed by atoms with E-state index in [0.717, 1.165) is 45.4 Å². The zero-order valence-corrected chi connectivity index (χ0v) is 15.8. The van der Waals surface area contributed by atoms with Crippen molar-refractivity contribution in [2.45, 2.75) is 36.6 Å². The van der Waals surface area contributed by atoms with Gasteiger partial charge < -0.3 is 10.2 Å². The molecule has 26 heavy (non-hydrogen) atoms. The first-order chi connectivity index (χ1) is 12.5. The Kier molecular flexibility index (Phi) is 4.67. The molecule has 4 rings (SSSR count). The van der Waals surface area contributed by atoms with Crippen molar-refractivity contribution in [3.05, 3.63) is 47.3 Å². The first-order valence-corrected chi connectivity index (χ1v) is 11.0. The van der Waals surface area contributed by atoms with Gasteiger partial charge in [0.05, 0.1) is 11.9 Å². The SMILES string of the molecule is CS(=O)(=O)c1cnc(N2CCc3ccccc3C2)nc1C1CCCNC1. The zero-order chi connectivity index (χ0) is 18.1. The molecule has 0 spiro atoms. The van der Waals surface area contributed by atoms with Gasteiger partial charge in [0, 0.05) is 31.8 Å². The van der Waals surface area contributed by atoms with Gasteiger partial charge in [-0.25, -0.2) is 18.4 Å². The fourth-order valence-electron chi connectivity index (χ4n) is 3.86. The molecule has 138 valence electrons. The van der Waals surface area contributed by atoms with Gasteiger partial charge in [0.15, 0.2) is 9.84 Å². The van der Waals surface area contributed by atoms with Gasteiger partial charge in [-0.3, -0.25) is 0 Å². The predicted molar refractivity (Wildman–Crippen MR) is 101 cm³/mol. The first kappa shape index (κ1) is 17.4. The molecule has 0 bridgehead atoms. The van der Waals surface area contributed by atoms with Crippen LogP contribution in [0.5, 0.6) is 0 Å². The van der Waals surface area contributed by atoms with Gasteiger partial charge in [-0.15, -0.1) is 0 Å². The first-order valence-electron chi connectivity index (χ1n) is 9.12. The molecule has 2 aliphatic heterocycles. The van der Waals surface area contributed by atoms with Gasteiger partial charge in [-0.05, 0) is 36.9 Å². The normalized spacial score (nSPS) is 20.7. The van der Waals surface area contributed by atoms with E-state index < -0.39 is 9.84 Å². The van der Waals surface area contributed by atoms with E-state index in [1.54, 1.807) is 0 Å². The number of aromatic nitrogens is 2. The Hall–Kier alpha value is -1.99. The van der Waals surface area contributed by atoms with Gasteiger partial charge in [-0.1, -0.05) is 24.3 Å². The number of benzene rings is 1. The van der Waals surface area contributed by atoms with Crippen LogP contribution in [-0.4, -0.2) is 44.3 Å². The number of anilines is 1. The van der Waals surface area contributed by atoms with Crippen LogP contribution < -0.4 is 10.2 Å². The van der Waals surface area contributed by atoms with Crippen LogP contribution in [0.15, 0.2) is 35.4 Å². The summed E-state index contributed by atoms with van der Waals surface area (Å²) in [7, 11) is -3.35. The minimum atomic E-state index is -3.35. The number of hydrogen-bond acceptors (Lipinski definition) is 6. The fraction of sp³-hybridized carbons (Fsp3) is 0.474. The molecule has 1 aromatic heterocycles. The largest absolute Gasteiger partial charge is 0.336 e. The Balaban J connectivity index is 1.69. The summed E-state index contributed by atoms with van der Waals surface area (Å²) in [6, 6.07) is 8.42. The van der Waals surface area contributed by atoms with Crippen molar-refractivity contribution in [3.63, 3.8) is 0 Å². The van der Waals surface area contributed by atoms with Crippen LogP contribution in [0, 0.1) is 0 Å². The Bertz CT molecular complexity index is 908. The molecular weight excluding hydrogens is 348 g/mol. The maximum absolute atomic E-state index is 12.2. The molecule has 1 atom stereocenters. The monoisotopic (exact) mass is 372 g/mol. The molecule has 1 N–H and O–H groups in total. The molecular formula is C19H24N4O2S. The van der Waals surface area contributed by atoms with Crippen molar-refractivity contribution in [3.8, 4) is 0 Å². The van der Waals surface area contributed by atoms with Crippen LogP contribution in [0.4, 0.5) is 5.95 Å². The van der Waals surface area contributed by atoms with E-state index in [-0.39, 0.29) is 10.8 Å². The molecule has 0 aliphatic carbocycles. The maximum atomic E-state index is 12.2. The topological polar surface area (TPSA) is 75.2 Å². The van der Waals surface area contributed by atoms with Gasteiger partial charge >= 0.3 is 0 Å². The summed E-state index contributed by atoms with van der Waals surface area (Å²) < 4.78 is 24.5. The van der Waals surface area contributed by atoms with E-state index in [2.05, 4.69) is 39.5 Å². The highest BCUT2D eigenvalue weighted by Gasteiger charge is 2.27. The van der Waals surface area contributed by atoms with Crippen molar-refractivity contribution in [1.29, 1.82) is 0 Å². The van der Waals surface area contributed by atoms with Gasteiger partial charge in [0.25, 0.3) is 0 Å². The third kappa shape index (κ3) is 3.46. The van der Waals surface area contributed by atoms with E-state index in [1.807, 2.05) is 0 Å². The lowest BCUT2D eigenvalue weighted by atomic mass is 9.96. The zero-order valence-electron chi connectivity index (χ0n) is 15.0. The van der Waals surface area contributed by atoms with E-state index in [9.17, 15) is 8.42 Å². The highest BCUT2D eigenvalue weighted by molar-refractivity contribution is 7.90. The Morgan fingerprint density at radius 3 is 2.77 bits per heavy atom. The van der Waals surface area contributed by atoms with E-state index in [1.165, 1.54) is 23.6 Å². The van der Waals surface area contributed by atoms with Crippen molar-refractivity contribution >= 4 is 15.8 Å². The number of fused-ring (bicyclic) bond motifs is 1. The van der Waals surface area contributed by atoms with Crippen LogP contribution in [-0.2, 0) is 22.8 Å². The summed E-state index contributed by atoms with van der Waals surface area (Å²) >= 11 is 0. The molecule has 1 saturated heterocycles. The van der Waals surface area contributed by atoms with Gasteiger partial charge in [0.1, 0.15) is 4.90 Å². The van der Waals surface area contributed by atoms with E-state index >= 15 is 0 Å². The minimum absolute atomic E-state index is 0.118. The van der Waals surface area contributed by atoms with Crippen molar-refractivity contribution in [2.24, 2.45) is 0 Å². The van der Waals surface area contributed by atoms with Crippen LogP contribution in [0.1, 0.15) is 35.6 Å². The molecule has 0 amide bonds. The third-order valence-electron chi connectivity index (χ3n) is 5.27. The van der Waals surface area contributed by atoms with Crippen LogP contribution in [0.25, 0.3) is 0 Å². The molecule has 3 heterocycles. The summed E-state index contributed by atoms with van der Waals surface area (Å²) in [4.78, 5) is 11.6. The molecule has 6 nitrogen and oxygen atoms in total. The lowest BCUT2D eigenvalue weighted by molar-refractivity contribution is 0.447. The van der Waals surface area contributed by atoms with Crippen LogP contribution in [0.3, 0.4) is 0 Å². The second kappa shape index (κ2) is 6.96. The number of nitrogens with zero attached hydrogens (tertiary/aromatic N) is 3. The van der Waals surface area contributed by atoms with Crippen LogP contribution >= 0.6 is 0 Å². The maximum Gasteiger partial charge on any atom is 0.225 e. The number of nitrogens with one attached hydrogen (secondary N) is 1. The lowest BCUT2D eigenvalue weighted by Gasteiger charge is -2.30. The number of sulfone groups is 1. The van der Waals surface area contributed by atoms with Gasteiger partial charge in [0.2, 0.25) is 5.95 Å². The second-order valence-electron chi connectivity index (χ2n) is 7.18. The standard InChI is InChI=1S/C19H24N4O2S/c1-26(24,25)17-12-21-19(22-18(17)15-7-4-9-20-11-15)23-10-8-14-5-2-3-6-16(14)13-23/h2-3,5-6,12,15,20H,4,7-11,13H2,1H3. The molecule has 2 aliphatic rings. The highest BCUT2D eigenvalue weighted by Crippen LogP contribution is 2.30. The van der Waals surface area contributed by atoms with Crippen molar-refractivity contribution < 1.29 is 8.42 Å². The molecule has 1 unspecified atom stereocenters. The third-order valence-corrected chi connectivity index (χ3v) is 6.38.